The van der Waals surface area contributed by atoms with Crippen molar-refractivity contribution in [3.8, 4) is 0 Å². The Morgan fingerprint density at radius 2 is 2.10 bits per heavy atom. The lowest BCUT2D eigenvalue weighted by atomic mass is 10.1. The average Bonchev–Trinajstić information content (AvgIpc) is 2.46. The Morgan fingerprint density at radius 1 is 1.35 bits per heavy atom. The Hall–Kier alpha value is -2.25. The minimum Gasteiger partial charge on any atom is -0.382 e. The number of pyridine rings is 1. The summed E-state index contributed by atoms with van der Waals surface area (Å²) in [6.45, 7) is 1.26. The van der Waals surface area contributed by atoms with Gasteiger partial charge in [-0.2, -0.15) is 5.10 Å². The number of fused-ring (bicyclic) bond motifs is 1. The number of hydrogen-bond acceptors (Lipinski definition) is 5. The van der Waals surface area contributed by atoms with Crippen LogP contribution >= 0.6 is 12.2 Å². The largest absolute Gasteiger partial charge is 0.382 e. The molecule has 0 saturated carbocycles. The molecule has 7 heteroatoms. The second-order valence-corrected chi connectivity index (χ2v) is 4.49. The molecule has 20 heavy (non-hydrogen) atoms. The van der Waals surface area contributed by atoms with Gasteiger partial charge in [-0.25, -0.2) is 0 Å². The van der Waals surface area contributed by atoms with Crippen LogP contribution in [0, 0.1) is 0 Å². The number of nitrogens with one attached hydrogen (secondary N) is 2. The number of benzene rings is 1. The first-order valence-corrected chi connectivity index (χ1v) is 6.53. The van der Waals surface area contributed by atoms with Crippen LogP contribution in [0.1, 0.15) is 5.69 Å². The van der Waals surface area contributed by atoms with Crippen LogP contribution in [0.2, 0.25) is 0 Å². The number of nitrogens with two attached hydrogens (primary N) is 2. The molecule has 0 unspecified atom stereocenters. The number of nitrogens with zero attached hydrogens (tertiary/aromatic N) is 2. The van der Waals surface area contributed by atoms with E-state index < -0.39 is 0 Å². The van der Waals surface area contributed by atoms with Crippen LogP contribution in [-0.4, -0.2) is 29.4 Å². The summed E-state index contributed by atoms with van der Waals surface area (Å²) in [5.41, 5.74) is 15.0. The van der Waals surface area contributed by atoms with E-state index >= 15 is 0 Å². The lowest BCUT2D eigenvalue weighted by Gasteiger charge is -2.09. The van der Waals surface area contributed by atoms with Gasteiger partial charge in [-0.05, 0) is 12.2 Å². The molecule has 6 nitrogen and oxygen atoms in total. The number of hydrazone groups is 1. The summed E-state index contributed by atoms with van der Waals surface area (Å²) in [4.78, 5) is 4.38. The second kappa shape index (κ2) is 6.78. The standard InChI is InChI=1S/C13H16N6S/c14-5-6-16-11-7-17-12(8-18-19-13(15)20)10-4-2-1-3-9(10)11/h1-4,7-8,16H,5-6,14H2,(H3,15,19,20)/b18-8-. The number of hydrogen-bond donors (Lipinski definition) is 4. The highest BCUT2D eigenvalue weighted by Crippen LogP contribution is 2.23. The predicted octanol–water partition coefficient (Wildman–Crippen LogP) is 0.773. The highest BCUT2D eigenvalue weighted by molar-refractivity contribution is 7.80. The van der Waals surface area contributed by atoms with Crippen molar-refractivity contribution < 1.29 is 0 Å². The molecule has 0 fully saturated rings. The van der Waals surface area contributed by atoms with Crippen LogP contribution in [-0.2, 0) is 0 Å². The molecule has 0 aliphatic carbocycles. The summed E-state index contributed by atoms with van der Waals surface area (Å²) in [5.74, 6) is 0. The first-order chi connectivity index (χ1) is 9.72. The normalized spacial score (nSPS) is 10.8. The van der Waals surface area contributed by atoms with Crippen molar-refractivity contribution in [2.24, 2.45) is 16.6 Å². The van der Waals surface area contributed by atoms with Crippen molar-refractivity contribution in [1.29, 1.82) is 0 Å². The molecule has 0 spiro atoms. The first kappa shape index (κ1) is 14.2. The molecule has 2 rings (SSSR count). The molecule has 2 aromatic rings. The lowest BCUT2D eigenvalue weighted by Crippen LogP contribution is -2.24. The summed E-state index contributed by atoms with van der Waals surface area (Å²) in [7, 11) is 0. The van der Waals surface area contributed by atoms with Gasteiger partial charge in [0.1, 0.15) is 0 Å². The van der Waals surface area contributed by atoms with E-state index in [1.807, 2.05) is 24.3 Å². The summed E-state index contributed by atoms with van der Waals surface area (Å²) in [5, 5.41) is 9.36. The van der Waals surface area contributed by atoms with E-state index in [0.29, 0.717) is 13.1 Å². The molecular weight excluding hydrogens is 272 g/mol. The number of aromatic nitrogens is 1. The minimum atomic E-state index is 0.117. The zero-order chi connectivity index (χ0) is 14.4. The maximum Gasteiger partial charge on any atom is 0.184 e. The van der Waals surface area contributed by atoms with Gasteiger partial charge in [0.2, 0.25) is 0 Å². The van der Waals surface area contributed by atoms with Crippen molar-refractivity contribution in [3.63, 3.8) is 0 Å². The van der Waals surface area contributed by atoms with Crippen LogP contribution in [0.3, 0.4) is 0 Å². The van der Waals surface area contributed by atoms with Gasteiger partial charge in [0.25, 0.3) is 0 Å². The highest BCUT2D eigenvalue weighted by atomic mass is 32.1. The highest BCUT2D eigenvalue weighted by Gasteiger charge is 2.05. The van der Waals surface area contributed by atoms with E-state index in [1.54, 1.807) is 12.4 Å². The third-order valence-corrected chi connectivity index (χ3v) is 2.74. The smallest absolute Gasteiger partial charge is 0.184 e. The van der Waals surface area contributed by atoms with E-state index in [0.717, 1.165) is 22.2 Å². The maximum absolute atomic E-state index is 5.51. The van der Waals surface area contributed by atoms with Crippen molar-refractivity contribution in [3.05, 3.63) is 36.2 Å². The summed E-state index contributed by atoms with van der Waals surface area (Å²) in [6.07, 6.45) is 3.36. The van der Waals surface area contributed by atoms with Gasteiger partial charge in [-0.15, -0.1) is 0 Å². The Kier molecular flexibility index (Phi) is 4.80. The molecule has 104 valence electrons. The van der Waals surface area contributed by atoms with Crippen molar-refractivity contribution in [1.82, 2.24) is 10.4 Å². The monoisotopic (exact) mass is 288 g/mol. The van der Waals surface area contributed by atoms with Crippen molar-refractivity contribution >= 4 is 40.0 Å². The third kappa shape index (κ3) is 3.40. The molecule has 0 radical (unpaired) electrons. The lowest BCUT2D eigenvalue weighted by molar-refractivity contribution is 1.02. The van der Waals surface area contributed by atoms with Gasteiger partial charge < -0.3 is 16.8 Å². The van der Waals surface area contributed by atoms with E-state index in [2.05, 4.69) is 33.0 Å². The zero-order valence-electron chi connectivity index (χ0n) is 10.8. The molecule has 0 aliphatic rings. The fourth-order valence-corrected chi connectivity index (χ4v) is 1.87. The average molecular weight is 288 g/mol. The molecule has 1 aromatic carbocycles. The minimum absolute atomic E-state index is 0.117. The SMILES string of the molecule is NCCNc1cnc(/C=N\NC(N)=S)c2ccccc12. The van der Waals surface area contributed by atoms with Crippen molar-refractivity contribution in [2.45, 2.75) is 0 Å². The Morgan fingerprint density at radius 3 is 2.80 bits per heavy atom. The first-order valence-electron chi connectivity index (χ1n) is 6.12. The molecule has 0 aliphatic heterocycles. The molecule has 0 atom stereocenters. The Labute approximate surface area is 122 Å². The molecule has 0 bridgehead atoms. The second-order valence-electron chi connectivity index (χ2n) is 4.05. The van der Waals surface area contributed by atoms with Gasteiger partial charge in [0.15, 0.2) is 5.11 Å². The molecule has 0 saturated heterocycles. The maximum atomic E-state index is 5.51. The summed E-state index contributed by atoms with van der Waals surface area (Å²) < 4.78 is 0. The van der Waals surface area contributed by atoms with Crippen LogP contribution < -0.4 is 22.2 Å². The predicted molar refractivity (Wildman–Crippen MR) is 86.8 cm³/mol. The van der Waals surface area contributed by atoms with Crippen LogP contribution in [0.15, 0.2) is 35.6 Å². The van der Waals surface area contributed by atoms with Gasteiger partial charge >= 0.3 is 0 Å². The van der Waals surface area contributed by atoms with Crippen LogP contribution in [0.25, 0.3) is 10.8 Å². The molecular formula is C13H16N6S. The zero-order valence-corrected chi connectivity index (χ0v) is 11.7. The van der Waals surface area contributed by atoms with Gasteiger partial charge in [0, 0.05) is 23.9 Å². The third-order valence-electron chi connectivity index (χ3n) is 2.65. The summed E-state index contributed by atoms with van der Waals surface area (Å²) >= 11 is 4.69. The molecule has 1 aromatic heterocycles. The van der Waals surface area contributed by atoms with E-state index in [9.17, 15) is 0 Å². The number of thiocarbonyl (C=S) groups is 1. The van der Waals surface area contributed by atoms with Crippen LogP contribution in [0.5, 0.6) is 0 Å². The Balaban J connectivity index is 2.37. The fraction of sp³-hybridized carbons (Fsp3) is 0.154. The van der Waals surface area contributed by atoms with Gasteiger partial charge in [-0.3, -0.25) is 10.4 Å². The van der Waals surface area contributed by atoms with Crippen molar-refractivity contribution in [2.75, 3.05) is 18.4 Å². The van der Waals surface area contributed by atoms with E-state index in [1.165, 1.54) is 0 Å². The van der Waals surface area contributed by atoms with Gasteiger partial charge in [0.05, 0.1) is 23.8 Å². The number of anilines is 1. The number of rotatable bonds is 5. The van der Waals surface area contributed by atoms with E-state index in [-0.39, 0.29) is 5.11 Å². The topological polar surface area (TPSA) is 101 Å². The van der Waals surface area contributed by atoms with E-state index in [4.69, 9.17) is 11.5 Å². The fourth-order valence-electron chi connectivity index (χ4n) is 1.82. The molecule has 0 amide bonds. The van der Waals surface area contributed by atoms with Gasteiger partial charge in [-0.1, -0.05) is 24.3 Å². The quantitative estimate of drug-likeness (QED) is 0.368. The summed E-state index contributed by atoms with van der Waals surface area (Å²) in [6, 6.07) is 7.94. The van der Waals surface area contributed by atoms with Crippen LogP contribution in [0.4, 0.5) is 5.69 Å². The molecule has 1 heterocycles. The molecule has 6 N–H and O–H groups in total. The Bertz CT molecular complexity index is 640.